The van der Waals surface area contributed by atoms with Crippen LogP contribution in [0.5, 0.6) is 0 Å². The number of anilines is 2. The Labute approximate surface area is 148 Å². The number of nitrogens with one attached hydrogen (secondary N) is 2. The van der Waals surface area contributed by atoms with E-state index in [1.54, 1.807) is 12.1 Å². The molecule has 24 heavy (non-hydrogen) atoms. The number of hydrogen-bond acceptors (Lipinski definition) is 3. The Bertz CT molecular complexity index is 833. The summed E-state index contributed by atoms with van der Waals surface area (Å²) in [7, 11) is 0. The SMILES string of the molecule is Cc1cccc(N2NC(C(=O)Nc3ccccc3Br)=CCC2=O)c1. The number of benzene rings is 2. The molecule has 5 nitrogen and oxygen atoms in total. The molecule has 0 aliphatic carbocycles. The second-order valence-electron chi connectivity index (χ2n) is 5.44. The van der Waals surface area contributed by atoms with Crippen LogP contribution in [0, 0.1) is 6.92 Å². The fourth-order valence-electron chi connectivity index (χ4n) is 2.38. The second kappa shape index (κ2) is 6.88. The van der Waals surface area contributed by atoms with Gasteiger partial charge in [-0.25, -0.2) is 5.01 Å². The van der Waals surface area contributed by atoms with Crippen LogP contribution in [0.25, 0.3) is 0 Å². The minimum Gasteiger partial charge on any atom is -0.320 e. The molecule has 0 unspecified atom stereocenters. The summed E-state index contributed by atoms with van der Waals surface area (Å²) in [4.78, 5) is 24.6. The summed E-state index contributed by atoms with van der Waals surface area (Å²) in [6.45, 7) is 1.95. The lowest BCUT2D eigenvalue weighted by molar-refractivity contribution is -0.119. The fourth-order valence-corrected chi connectivity index (χ4v) is 2.76. The van der Waals surface area contributed by atoms with Crippen LogP contribution in [0.1, 0.15) is 12.0 Å². The summed E-state index contributed by atoms with van der Waals surface area (Å²) in [6, 6.07) is 14.9. The van der Waals surface area contributed by atoms with Gasteiger partial charge in [0.15, 0.2) is 0 Å². The normalized spacial score (nSPS) is 14.0. The summed E-state index contributed by atoms with van der Waals surface area (Å²) in [5, 5.41) is 4.23. The highest BCUT2D eigenvalue weighted by Gasteiger charge is 2.24. The van der Waals surface area contributed by atoms with E-state index in [-0.39, 0.29) is 18.2 Å². The van der Waals surface area contributed by atoms with Crippen LogP contribution in [0.15, 0.2) is 64.8 Å². The second-order valence-corrected chi connectivity index (χ2v) is 6.29. The van der Waals surface area contributed by atoms with Gasteiger partial charge in [0.1, 0.15) is 5.70 Å². The lowest BCUT2D eigenvalue weighted by Crippen LogP contribution is -2.47. The molecule has 2 aromatic carbocycles. The molecule has 0 bridgehead atoms. The van der Waals surface area contributed by atoms with Gasteiger partial charge in [-0.2, -0.15) is 0 Å². The lowest BCUT2D eigenvalue weighted by atomic mass is 10.2. The molecule has 6 heteroatoms. The number of aryl methyl sites for hydroxylation is 1. The van der Waals surface area contributed by atoms with Gasteiger partial charge < -0.3 is 5.32 Å². The number of carbonyl (C=O) groups is 2. The van der Waals surface area contributed by atoms with Crippen LogP contribution in [-0.4, -0.2) is 11.8 Å². The van der Waals surface area contributed by atoms with Gasteiger partial charge in [0.05, 0.1) is 11.4 Å². The first-order valence-electron chi connectivity index (χ1n) is 7.47. The van der Waals surface area contributed by atoms with Gasteiger partial charge in [-0.1, -0.05) is 24.3 Å². The van der Waals surface area contributed by atoms with Crippen LogP contribution >= 0.6 is 15.9 Å². The van der Waals surface area contributed by atoms with Gasteiger partial charge in [0.25, 0.3) is 5.91 Å². The van der Waals surface area contributed by atoms with E-state index in [1.165, 1.54) is 5.01 Å². The van der Waals surface area contributed by atoms with E-state index in [0.29, 0.717) is 17.1 Å². The number of carbonyl (C=O) groups excluding carboxylic acids is 2. The summed E-state index contributed by atoms with van der Waals surface area (Å²) >= 11 is 3.40. The maximum absolute atomic E-state index is 12.5. The van der Waals surface area contributed by atoms with Gasteiger partial charge in [-0.05, 0) is 58.8 Å². The molecule has 1 aliphatic rings. The number of hydrazine groups is 1. The lowest BCUT2D eigenvalue weighted by Gasteiger charge is -2.28. The number of rotatable bonds is 3. The third-order valence-corrected chi connectivity index (χ3v) is 4.28. The molecule has 122 valence electrons. The molecular weight excluding hydrogens is 370 g/mol. The van der Waals surface area contributed by atoms with Gasteiger partial charge >= 0.3 is 0 Å². The molecule has 0 saturated heterocycles. The zero-order chi connectivity index (χ0) is 17.1. The Morgan fingerprint density at radius 2 is 2.00 bits per heavy atom. The quantitative estimate of drug-likeness (QED) is 0.849. The predicted octanol–water partition coefficient (Wildman–Crippen LogP) is 3.52. The van der Waals surface area contributed by atoms with E-state index in [4.69, 9.17) is 0 Å². The van der Waals surface area contributed by atoms with Crippen LogP contribution in [0.2, 0.25) is 0 Å². The molecule has 0 atom stereocenters. The number of amides is 2. The molecule has 2 aromatic rings. The molecule has 0 saturated carbocycles. The van der Waals surface area contributed by atoms with E-state index in [1.807, 2.05) is 49.4 Å². The predicted molar refractivity (Wildman–Crippen MR) is 97.3 cm³/mol. The summed E-state index contributed by atoms with van der Waals surface area (Å²) in [6.07, 6.45) is 1.76. The first-order valence-corrected chi connectivity index (χ1v) is 8.26. The molecule has 1 heterocycles. The first kappa shape index (κ1) is 16.3. The first-order chi connectivity index (χ1) is 11.5. The van der Waals surface area contributed by atoms with Gasteiger partial charge in [-0.3, -0.25) is 15.0 Å². The van der Waals surface area contributed by atoms with Crippen molar-refractivity contribution in [3.63, 3.8) is 0 Å². The van der Waals surface area contributed by atoms with E-state index >= 15 is 0 Å². The van der Waals surface area contributed by atoms with Crippen molar-refractivity contribution in [1.29, 1.82) is 0 Å². The zero-order valence-corrected chi connectivity index (χ0v) is 14.6. The zero-order valence-electron chi connectivity index (χ0n) is 13.0. The van der Waals surface area contributed by atoms with Gasteiger partial charge in [-0.15, -0.1) is 0 Å². The van der Waals surface area contributed by atoms with Crippen molar-refractivity contribution in [3.05, 3.63) is 70.3 Å². The van der Waals surface area contributed by atoms with Crippen molar-refractivity contribution in [3.8, 4) is 0 Å². The molecule has 0 fully saturated rings. The Morgan fingerprint density at radius 1 is 1.21 bits per heavy atom. The summed E-state index contributed by atoms with van der Waals surface area (Å²) < 4.78 is 0.793. The minimum absolute atomic E-state index is 0.113. The van der Waals surface area contributed by atoms with Crippen LogP contribution in [0.3, 0.4) is 0 Å². The van der Waals surface area contributed by atoms with Crippen molar-refractivity contribution >= 4 is 39.1 Å². The minimum atomic E-state index is -0.299. The van der Waals surface area contributed by atoms with E-state index in [0.717, 1.165) is 10.0 Å². The molecular formula is C18H16BrN3O2. The average Bonchev–Trinajstić information content (AvgIpc) is 2.57. The largest absolute Gasteiger partial charge is 0.320 e. The molecule has 3 rings (SSSR count). The third-order valence-electron chi connectivity index (χ3n) is 3.59. The Kier molecular flexibility index (Phi) is 4.66. The van der Waals surface area contributed by atoms with Crippen molar-refractivity contribution in [1.82, 2.24) is 5.43 Å². The highest BCUT2D eigenvalue weighted by molar-refractivity contribution is 9.10. The molecule has 0 aromatic heterocycles. The Morgan fingerprint density at radius 3 is 2.75 bits per heavy atom. The number of nitrogens with zero attached hydrogens (tertiary/aromatic N) is 1. The molecule has 2 amide bonds. The van der Waals surface area contributed by atoms with Gasteiger partial charge in [0, 0.05) is 10.9 Å². The standard InChI is InChI=1S/C18H16BrN3O2/c1-12-5-4-6-13(11-12)22-17(23)10-9-16(21-22)18(24)20-15-8-3-2-7-14(15)19/h2-9,11,21H,10H2,1H3,(H,20,24). The maximum atomic E-state index is 12.5. The van der Waals surface area contributed by atoms with Crippen molar-refractivity contribution < 1.29 is 9.59 Å². The van der Waals surface area contributed by atoms with Crippen molar-refractivity contribution in [2.45, 2.75) is 13.3 Å². The van der Waals surface area contributed by atoms with E-state index in [9.17, 15) is 9.59 Å². The van der Waals surface area contributed by atoms with E-state index in [2.05, 4.69) is 26.7 Å². The van der Waals surface area contributed by atoms with Crippen LogP contribution < -0.4 is 15.8 Å². The number of para-hydroxylation sites is 1. The monoisotopic (exact) mass is 385 g/mol. The number of halogens is 1. The summed E-state index contributed by atoms with van der Waals surface area (Å²) in [5.74, 6) is -0.412. The van der Waals surface area contributed by atoms with Crippen LogP contribution in [-0.2, 0) is 9.59 Å². The molecule has 0 spiro atoms. The third kappa shape index (κ3) is 3.49. The highest BCUT2D eigenvalue weighted by Crippen LogP contribution is 2.23. The molecule has 0 radical (unpaired) electrons. The van der Waals surface area contributed by atoms with Gasteiger partial charge in [0.2, 0.25) is 5.91 Å². The van der Waals surface area contributed by atoms with E-state index < -0.39 is 0 Å². The average molecular weight is 386 g/mol. The van der Waals surface area contributed by atoms with Crippen molar-refractivity contribution in [2.75, 3.05) is 10.3 Å². The topological polar surface area (TPSA) is 61.4 Å². The van der Waals surface area contributed by atoms with Crippen molar-refractivity contribution in [2.24, 2.45) is 0 Å². The Hall–Kier alpha value is -2.60. The van der Waals surface area contributed by atoms with Crippen LogP contribution in [0.4, 0.5) is 11.4 Å². The highest BCUT2D eigenvalue weighted by atomic mass is 79.9. The molecule has 1 aliphatic heterocycles. The fraction of sp³-hybridized carbons (Fsp3) is 0.111. The summed E-state index contributed by atoms with van der Waals surface area (Å²) in [5.41, 5.74) is 5.66. The Balaban J connectivity index is 1.78. The number of hydrogen-bond donors (Lipinski definition) is 2. The smallest absolute Gasteiger partial charge is 0.273 e. The maximum Gasteiger partial charge on any atom is 0.273 e. The molecule has 2 N–H and O–H groups in total.